The van der Waals surface area contributed by atoms with Gasteiger partial charge in [0, 0.05) is 20.3 Å². The number of carbonyl (C=O) groups excluding carboxylic acids is 1. The van der Waals surface area contributed by atoms with Gasteiger partial charge in [-0.05, 0) is 51.0 Å². The topological polar surface area (TPSA) is 68.5 Å². The van der Waals surface area contributed by atoms with E-state index in [-0.39, 0.29) is 12.2 Å². The van der Waals surface area contributed by atoms with E-state index in [1.54, 1.807) is 7.11 Å². The number of hydrogen-bond acceptors (Lipinski definition) is 5. The van der Waals surface area contributed by atoms with Crippen LogP contribution in [-0.2, 0) is 19.0 Å². The molecule has 0 heterocycles. The van der Waals surface area contributed by atoms with Gasteiger partial charge in [-0.25, -0.2) is 4.79 Å². The minimum atomic E-state index is -0.543. The number of carbonyl (C=O) groups is 1. The van der Waals surface area contributed by atoms with E-state index in [1.807, 2.05) is 19.1 Å². The highest BCUT2D eigenvalue weighted by molar-refractivity contribution is 5.94. The molecular formula is C18H27NO4. The van der Waals surface area contributed by atoms with Crippen molar-refractivity contribution >= 4 is 5.97 Å². The zero-order chi connectivity index (χ0) is 16.9. The summed E-state index contributed by atoms with van der Waals surface area (Å²) in [6.07, 6.45) is 7.86. The zero-order valence-electron chi connectivity index (χ0n) is 14.2. The molecule has 23 heavy (non-hydrogen) atoms. The molecule has 0 spiro atoms. The van der Waals surface area contributed by atoms with Gasteiger partial charge in [0.1, 0.15) is 18.2 Å². The lowest BCUT2D eigenvalue weighted by Crippen LogP contribution is -2.14. The van der Waals surface area contributed by atoms with Crippen LogP contribution in [0.3, 0.4) is 0 Å². The summed E-state index contributed by atoms with van der Waals surface area (Å²) >= 11 is 0. The van der Waals surface area contributed by atoms with Crippen molar-refractivity contribution in [3.05, 3.63) is 22.8 Å². The minimum Gasteiger partial charge on any atom is -0.459 e. The Morgan fingerprint density at radius 1 is 1.26 bits per heavy atom. The molecule has 0 aromatic heterocycles. The highest BCUT2D eigenvalue weighted by atomic mass is 16.6. The maximum absolute atomic E-state index is 12.0. The molecule has 5 nitrogen and oxygen atoms in total. The fraction of sp³-hybridized carbons (Fsp3) is 0.667. The van der Waals surface area contributed by atoms with E-state index in [2.05, 4.69) is 0 Å². The molecule has 0 aromatic carbocycles. The summed E-state index contributed by atoms with van der Waals surface area (Å²) in [5.41, 5.74) is 2.25. The Morgan fingerprint density at radius 2 is 2.09 bits per heavy atom. The average molecular weight is 321 g/mol. The third-order valence-electron chi connectivity index (χ3n) is 3.72. The van der Waals surface area contributed by atoms with Gasteiger partial charge in [-0.3, -0.25) is 0 Å². The minimum absolute atomic E-state index is 0.135. The maximum Gasteiger partial charge on any atom is 0.349 e. The van der Waals surface area contributed by atoms with Gasteiger partial charge in [0.2, 0.25) is 0 Å². The average Bonchev–Trinajstić information content (AvgIpc) is 2.57. The van der Waals surface area contributed by atoms with E-state index in [0.29, 0.717) is 13.2 Å². The van der Waals surface area contributed by atoms with Gasteiger partial charge in [0.15, 0.2) is 0 Å². The Labute approximate surface area is 138 Å². The molecule has 0 saturated carbocycles. The lowest BCUT2D eigenvalue weighted by Gasteiger charge is -2.16. The highest BCUT2D eigenvalue weighted by Gasteiger charge is 2.18. The zero-order valence-corrected chi connectivity index (χ0v) is 14.2. The first-order valence-corrected chi connectivity index (χ1v) is 8.29. The number of rotatable bonds is 10. The molecule has 0 unspecified atom stereocenters. The fourth-order valence-electron chi connectivity index (χ4n) is 2.55. The van der Waals surface area contributed by atoms with Crippen LogP contribution in [0, 0.1) is 11.3 Å². The molecule has 0 N–H and O–H groups in total. The van der Waals surface area contributed by atoms with Crippen molar-refractivity contribution in [3.8, 4) is 6.07 Å². The standard InChI is InChI=1S/C18H27NO4/c1-3-22-11-12-23-18(20)17(14-19)16-9-6-8-15(13-16)7-4-5-10-21-2/h13H,3-12H2,1-2H3/b17-16-. The summed E-state index contributed by atoms with van der Waals surface area (Å²) in [4.78, 5) is 12.0. The van der Waals surface area contributed by atoms with Crippen molar-refractivity contribution in [1.29, 1.82) is 5.26 Å². The summed E-state index contributed by atoms with van der Waals surface area (Å²) in [6.45, 7) is 3.77. The predicted octanol–water partition coefficient (Wildman–Crippen LogP) is 3.31. The molecule has 0 saturated heterocycles. The Morgan fingerprint density at radius 3 is 2.78 bits per heavy atom. The van der Waals surface area contributed by atoms with Gasteiger partial charge in [-0.1, -0.05) is 11.6 Å². The van der Waals surface area contributed by atoms with Crippen LogP contribution in [-0.4, -0.2) is 39.5 Å². The van der Waals surface area contributed by atoms with Crippen molar-refractivity contribution < 1.29 is 19.0 Å². The lowest BCUT2D eigenvalue weighted by molar-refractivity contribution is -0.140. The summed E-state index contributed by atoms with van der Waals surface area (Å²) in [6, 6.07) is 2.01. The molecule has 1 aliphatic carbocycles. The van der Waals surface area contributed by atoms with Crippen LogP contribution in [0.4, 0.5) is 0 Å². The van der Waals surface area contributed by atoms with Gasteiger partial charge in [-0.15, -0.1) is 0 Å². The molecule has 1 rings (SSSR count). The molecule has 0 fully saturated rings. The monoisotopic (exact) mass is 321 g/mol. The van der Waals surface area contributed by atoms with Crippen LogP contribution < -0.4 is 0 Å². The molecule has 0 bridgehead atoms. The summed E-state index contributed by atoms with van der Waals surface area (Å²) in [5.74, 6) is -0.543. The Balaban J connectivity index is 2.63. The Hall–Kier alpha value is -1.64. The number of methoxy groups -OCH3 is 1. The number of hydrogen-bond donors (Lipinski definition) is 0. The second-order valence-electron chi connectivity index (χ2n) is 5.45. The summed E-state index contributed by atoms with van der Waals surface area (Å²) in [7, 11) is 1.71. The van der Waals surface area contributed by atoms with Crippen LogP contribution >= 0.6 is 0 Å². The van der Waals surface area contributed by atoms with Gasteiger partial charge >= 0.3 is 5.97 Å². The smallest absolute Gasteiger partial charge is 0.349 e. The number of unbranched alkanes of at least 4 members (excludes halogenated alkanes) is 1. The van der Waals surface area contributed by atoms with Crippen LogP contribution in [0.15, 0.2) is 22.8 Å². The van der Waals surface area contributed by atoms with Gasteiger partial charge in [0.25, 0.3) is 0 Å². The van der Waals surface area contributed by atoms with Crippen molar-refractivity contribution in [1.82, 2.24) is 0 Å². The first-order chi connectivity index (χ1) is 11.2. The van der Waals surface area contributed by atoms with Crippen LogP contribution in [0.2, 0.25) is 0 Å². The molecule has 0 amide bonds. The highest BCUT2D eigenvalue weighted by Crippen LogP contribution is 2.28. The first-order valence-electron chi connectivity index (χ1n) is 8.29. The molecule has 0 atom stereocenters. The van der Waals surface area contributed by atoms with E-state index in [9.17, 15) is 10.1 Å². The van der Waals surface area contributed by atoms with E-state index in [4.69, 9.17) is 14.2 Å². The van der Waals surface area contributed by atoms with Gasteiger partial charge in [-0.2, -0.15) is 5.26 Å². The SMILES string of the molecule is CCOCCOC(=O)/C(C#N)=C1\C=C(CCCCOC)CCC1. The van der Waals surface area contributed by atoms with Crippen molar-refractivity contribution in [3.63, 3.8) is 0 Å². The second kappa shape index (κ2) is 11.9. The molecule has 5 heteroatoms. The normalized spacial score (nSPS) is 16.5. The molecule has 0 radical (unpaired) electrons. The van der Waals surface area contributed by atoms with E-state index in [1.165, 1.54) is 5.57 Å². The van der Waals surface area contributed by atoms with E-state index >= 15 is 0 Å². The van der Waals surface area contributed by atoms with Crippen molar-refractivity contribution in [2.45, 2.75) is 45.4 Å². The third kappa shape index (κ3) is 7.45. The van der Waals surface area contributed by atoms with Crippen LogP contribution in [0.1, 0.15) is 45.4 Å². The van der Waals surface area contributed by atoms with Gasteiger partial charge < -0.3 is 14.2 Å². The van der Waals surface area contributed by atoms with Gasteiger partial charge in [0.05, 0.1) is 6.61 Å². The predicted molar refractivity (Wildman–Crippen MR) is 87.8 cm³/mol. The third-order valence-corrected chi connectivity index (χ3v) is 3.72. The summed E-state index contributed by atoms with van der Waals surface area (Å²) < 4.78 is 15.3. The summed E-state index contributed by atoms with van der Waals surface area (Å²) in [5, 5.41) is 9.30. The number of nitriles is 1. The number of allylic oxidation sites excluding steroid dienone is 3. The van der Waals surface area contributed by atoms with Crippen molar-refractivity contribution in [2.75, 3.05) is 33.5 Å². The number of esters is 1. The first kappa shape index (κ1) is 19.4. The quantitative estimate of drug-likeness (QED) is 0.267. The second-order valence-corrected chi connectivity index (χ2v) is 5.45. The Bertz CT molecular complexity index is 474. The molecular weight excluding hydrogens is 294 g/mol. The van der Waals surface area contributed by atoms with E-state index < -0.39 is 5.97 Å². The number of ether oxygens (including phenoxy) is 3. The lowest BCUT2D eigenvalue weighted by atomic mass is 9.90. The largest absolute Gasteiger partial charge is 0.459 e. The molecule has 0 aromatic rings. The van der Waals surface area contributed by atoms with Crippen LogP contribution in [0.5, 0.6) is 0 Å². The van der Waals surface area contributed by atoms with Crippen molar-refractivity contribution in [2.24, 2.45) is 0 Å². The maximum atomic E-state index is 12.0. The fourth-order valence-corrected chi connectivity index (χ4v) is 2.55. The molecule has 1 aliphatic rings. The number of nitrogens with zero attached hydrogens (tertiary/aromatic N) is 1. The Kier molecular flexibility index (Phi) is 10.0. The molecule has 0 aliphatic heterocycles. The van der Waals surface area contributed by atoms with Crippen LogP contribution in [0.25, 0.3) is 0 Å². The molecule has 128 valence electrons. The van der Waals surface area contributed by atoms with E-state index in [0.717, 1.165) is 50.7 Å².